The van der Waals surface area contributed by atoms with Crippen molar-refractivity contribution in [2.75, 3.05) is 0 Å². The number of hydrogen-bond donors (Lipinski definition) is 2. The van der Waals surface area contributed by atoms with Crippen LogP contribution in [0.3, 0.4) is 0 Å². The number of nitrogens with zero attached hydrogens (tertiary/aromatic N) is 4. The Hall–Kier alpha value is -3.93. The fraction of sp³-hybridized carbons (Fsp3) is 0.154. The molecule has 2 heterocycles. The summed E-state index contributed by atoms with van der Waals surface area (Å²) in [5.41, 5.74) is 13.1. The molecule has 0 saturated heterocycles. The van der Waals surface area contributed by atoms with Gasteiger partial charge in [-0.15, -0.1) is 0 Å². The molecule has 5 rings (SSSR count). The Bertz CT molecular complexity index is 1440. The van der Waals surface area contributed by atoms with E-state index in [1.807, 2.05) is 30.3 Å². The number of aryl methyl sites for hydroxylation is 2. The van der Waals surface area contributed by atoms with Crippen molar-refractivity contribution in [3.63, 3.8) is 0 Å². The van der Waals surface area contributed by atoms with E-state index < -0.39 is 0 Å². The fourth-order valence-corrected chi connectivity index (χ4v) is 4.18. The highest BCUT2D eigenvalue weighted by Gasteiger charge is 2.12. The average Bonchev–Trinajstić information content (AvgIpc) is 3.28. The first kappa shape index (κ1) is 20.0. The fourth-order valence-electron chi connectivity index (χ4n) is 4.18. The van der Waals surface area contributed by atoms with Gasteiger partial charge in [-0.3, -0.25) is 11.1 Å². The summed E-state index contributed by atoms with van der Waals surface area (Å²) in [5.74, 6) is 2.37. The number of hydrogen-bond acceptors (Lipinski definition) is 2. The van der Waals surface area contributed by atoms with Gasteiger partial charge in [0.2, 0.25) is 0 Å². The molecule has 0 aliphatic heterocycles. The van der Waals surface area contributed by atoms with Crippen molar-refractivity contribution in [2.45, 2.75) is 19.9 Å². The third kappa shape index (κ3) is 3.64. The van der Waals surface area contributed by atoms with Crippen LogP contribution in [0.2, 0.25) is 0 Å². The molecule has 0 unspecified atom stereocenters. The van der Waals surface area contributed by atoms with Crippen LogP contribution < -0.4 is 11.1 Å². The number of rotatable bonds is 6. The number of aromatic nitrogens is 4. The molecule has 6 nitrogen and oxygen atoms in total. The molecule has 0 atom stereocenters. The zero-order valence-corrected chi connectivity index (χ0v) is 18.3. The van der Waals surface area contributed by atoms with Crippen LogP contribution in [0.1, 0.15) is 28.3 Å². The van der Waals surface area contributed by atoms with Crippen LogP contribution in [0.25, 0.3) is 22.1 Å². The Labute approximate surface area is 186 Å². The summed E-state index contributed by atoms with van der Waals surface area (Å²) in [5, 5.41) is 5.65. The molecule has 159 valence electrons. The van der Waals surface area contributed by atoms with E-state index in [-0.39, 0.29) is 0 Å². The van der Waals surface area contributed by atoms with Crippen LogP contribution in [-0.2, 0) is 20.0 Å². The molecule has 32 heavy (non-hydrogen) atoms. The third-order valence-corrected chi connectivity index (χ3v) is 5.99. The molecule has 0 saturated carbocycles. The minimum absolute atomic E-state index is 0.335. The molecule has 0 aliphatic rings. The smallest absolute Gasteiger partial charge is 0.270 e. The molecular formula is C26H26N6+. The van der Waals surface area contributed by atoms with Gasteiger partial charge in [-0.25, -0.2) is 9.97 Å². The van der Waals surface area contributed by atoms with Crippen molar-refractivity contribution in [3.05, 3.63) is 101 Å². The van der Waals surface area contributed by atoms with Crippen LogP contribution in [0.5, 0.6) is 0 Å². The Kier molecular flexibility index (Phi) is 4.98. The monoisotopic (exact) mass is 422 g/mol. The number of amidine groups is 1. The van der Waals surface area contributed by atoms with Crippen LogP contribution >= 0.6 is 0 Å². The number of para-hydroxylation sites is 2. The van der Waals surface area contributed by atoms with E-state index in [1.165, 1.54) is 5.56 Å². The van der Waals surface area contributed by atoms with Crippen LogP contribution in [0, 0.1) is 13.3 Å². The molecule has 1 radical (unpaired) electrons. The maximum atomic E-state index is 5.65. The number of fused-ring (bicyclic) bond motifs is 2. The predicted molar refractivity (Wildman–Crippen MR) is 128 cm³/mol. The summed E-state index contributed by atoms with van der Waals surface area (Å²) in [6, 6.07) is 22.7. The average molecular weight is 423 g/mol. The lowest BCUT2D eigenvalue weighted by atomic mass is 10.1. The molecular weight excluding hydrogens is 396 g/mol. The lowest BCUT2D eigenvalue weighted by Gasteiger charge is -2.07. The van der Waals surface area contributed by atoms with E-state index in [0.717, 1.165) is 57.8 Å². The molecule has 4 N–H and O–H groups in total. The minimum Gasteiger partial charge on any atom is -0.331 e. The summed E-state index contributed by atoms with van der Waals surface area (Å²) in [7, 11) is 2.07. The number of imidazole rings is 2. The lowest BCUT2D eigenvalue weighted by Crippen LogP contribution is -2.46. The highest BCUT2D eigenvalue weighted by Crippen LogP contribution is 2.22. The molecule has 0 amide bonds. The summed E-state index contributed by atoms with van der Waals surface area (Å²) < 4.78 is 4.41. The van der Waals surface area contributed by atoms with Gasteiger partial charge in [0.15, 0.2) is 0 Å². The van der Waals surface area contributed by atoms with E-state index in [1.54, 1.807) is 0 Å². The SMILES string of the molecule is Cc1nc2ccccc2n1Cc1ccc2c(c1)nc(C[CH]c1ccc(C(N)=[NH2+])cc1)n2C. The zero-order valence-electron chi connectivity index (χ0n) is 18.3. The Morgan fingerprint density at radius 1 is 0.969 bits per heavy atom. The third-order valence-electron chi connectivity index (χ3n) is 5.99. The molecule has 6 heteroatoms. The van der Waals surface area contributed by atoms with Gasteiger partial charge in [-0.1, -0.05) is 30.3 Å². The standard InChI is InChI=1S/C26H25N6/c1-17-29-21-5-3-4-6-24(21)32(17)16-19-9-13-23-22(15-19)30-25(31(23)2)14-10-18-7-11-20(12-8-18)26(27)28/h3-13,15H,14,16H2,1-2H3,(H3,27,28)/p+1. The van der Waals surface area contributed by atoms with Gasteiger partial charge < -0.3 is 9.13 Å². The van der Waals surface area contributed by atoms with Crippen molar-refractivity contribution in [1.82, 2.24) is 19.1 Å². The maximum Gasteiger partial charge on any atom is 0.270 e. The Morgan fingerprint density at radius 2 is 1.75 bits per heavy atom. The van der Waals surface area contributed by atoms with Gasteiger partial charge >= 0.3 is 0 Å². The second kappa shape index (κ2) is 7.96. The summed E-state index contributed by atoms with van der Waals surface area (Å²) in [6.07, 6.45) is 2.91. The van der Waals surface area contributed by atoms with Crippen molar-refractivity contribution in [2.24, 2.45) is 12.8 Å². The highest BCUT2D eigenvalue weighted by atomic mass is 15.1. The zero-order chi connectivity index (χ0) is 22.2. The largest absolute Gasteiger partial charge is 0.331 e. The molecule has 3 aromatic carbocycles. The molecule has 0 spiro atoms. The van der Waals surface area contributed by atoms with Gasteiger partial charge in [0.1, 0.15) is 11.6 Å². The normalized spacial score (nSPS) is 11.4. The second-order valence-corrected chi connectivity index (χ2v) is 8.13. The Balaban J connectivity index is 1.38. The van der Waals surface area contributed by atoms with E-state index in [4.69, 9.17) is 16.1 Å². The quantitative estimate of drug-likeness (QED) is 0.326. The summed E-state index contributed by atoms with van der Waals surface area (Å²) in [4.78, 5) is 9.59. The number of benzene rings is 3. The first-order chi connectivity index (χ1) is 15.5. The minimum atomic E-state index is 0.335. The van der Waals surface area contributed by atoms with Crippen molar-refractivity contribution >= 4 is 27.9 Å². The summed E-state index contributed by atoms with van der Waals surface area (Å²) >= 11 is 0. The highest BCUT2D eigenvalue weighted by molar-refractivity contribution is 5.92. The van der Waals surface area contributed by atoms with Crippen LogP contribution in [-0.4, -0.2) is 24.9 Å². The van der Waals surface area contributed by atoms with Crippen molar-refractivity contribution < 1.29 is 5.41 Å². The molecule has 2 aromatic heterocycles. The maximum absolute atomic E-state index is 5.65. The van der Waals surface area contributed by atoms with E-state index in [2.05, 4.69) is 70.9 Å². The van der Waals surface area contributed by atoms with E-state index in [0.29, 0.717) is 5.84 Å². The predicted octanol–water partition coefficient (Wildman–Crippen LogP) is 2.54. The lowest BCUT2D eigenvalue weighted by molar-refractivity contribution is -0.114. The topological polar surface area (TPSA) is 87.2 Å². The van der Waals surface area contributed by atoms with Gasteiger partial charge in [0, 0.05) is 20.0 Å². The first-order valence-electron chi connectivity index (χ1n) is 10.7. The number of nitrogens with two attached hydrogens (primary N) is 2. The molecule has 0 fully saturated rings. The van der Waals surface area contributed by atoms with Crippen molar-refractivity contribution in [1.29, 1.82) is 0 Å². The van der Waals surface area contributed by atoms with Crippen molar-refractivity contribution in [3.8, 4) is 0 Å². The molecule has 5 aromatic rings. The second-order valence-electron chi connectivity index (χ2n) is 8.13. The van der Waals surface area contributed by atoms with Gasteiger partial charge in [-0.05, 0) is 60.9 Å². The van der Waals surface area contributed by atoms with Gasteiger partial charge in [-0.2, -0.15) is 0 Å². The Morgan fingerprint density at radius 3 is 2.53 bits per heavy atom. The van der Waals surface area contributed by atoms with Gasteiger partial charge in [0.05, 0.1) is 27.6 Å². The molecule has 0 aliphatic carbocycles. The van der Waals surface area contributed by atoms with Crippen LogP contribution in [0.4, 0.5) is 0 Å². The summed E-state index contributed by atoms with van der Waals surface area (Å²) in [6.45, 7) is 2.83. The first-order valence-corrected chi connectivity index (χ1v) is 10.7. The van der Waals surface area contributed by atoms with Crippen LogP contribution in [0.15, 0.2) is 66.7 Å². The van der Waals surface area contributed by atoms with E-state index >= 15 is 0 Å². The molecule has 0 bridgehead atoms. The van der Waals surface area contributed by atoms with Gasteiger partial charge in [0.25, 0.3) is 5.84 Å². The van der Waals surface area contributed by atoms with E-state index in [9.17, 15) is 0 Å².